The number of rotatable bonds is 6. The highest BCUT2D eigenvalue weighted by molar-refractivity contribution is 7.90. The molecule has 1 aromatic heterocycles. The normalized spacial score (nSPS) is 16.8. The highest BCUT2D eigenvalue weighted by Crippen LogP contribution is 2.27. The topological polar surface area (TPSA) is 95.2 Å². The zero-order chi connectivity index (χ0) is 21.8. The van der Waals surface area contributed by atoms with E-state index in [-0.39, 0.29) is 16.7 Å². The van der Waals surface area contributed by atoms with Crippen LogP contribution in [0.4, 0.5) is 11.4 Å². The molecule has 2 heterocycles. The number of likely N-dealkylation sites (tertiary alicyclic amines) is 1. The van der Waals surface area contributed by atoms with Gasteiger partial charge >= 0.3 is 0 Å². The summed E-state index contributed by atoms with van der Waals surface area (Å²) >= 11 is 0. The molecule has 8 heteroatoms. The molecule has 31 heavy (non-hydrogen) atoms. The molecule has 3 aromatic rings. The predicted molar refractivity (Wildman–Crippen MR) is 120 cm³/mol. The number of carbonyl (C=O) groups excluding carboxylic acids is 1. The lowest BCUT2D eigenvalue weighted by atomic mass is 9.93. The Morgan fingerprint density at radius 1 is 1.16 bits per heavy atom. The quantitative estimate of drug-likeness (QED) is 0.613. The van der Waals surface area contributed by atoms with Crippen LogP contribution < -0.4 is 5.32 Å². The summed E-state index contributed by atoms with van der Waals surface area (Å²) in [6, 6.07) is 17.3. The van der Waals surface area contributed by atoms with Crippen molar-refractivity contribution in [3.8, 4) is 0 Å². The molecule has 1 fully saturated rings. The van der Waals surface area contributed by atoms with Crippen LogP contribution in [0.1, 0.15) is 28.9 Å². The Bertz CT molecular complexity index is 1160. The smallest absolute Gasteiger partial charge is 0.255 e. The van der Waals surface area contributed by atoms with Crippen LogP contribution in [0.3, 0.4) is 0 Å². The van der Waals surface area contributed by atoms with Gasteiger partial charge in [0.1, 0.15) is 4.90 Å². The van der Waals surface area contributed by atoms with Gasteiger partial charge in [0.25, 0.3) is 5.91 Å². The number of aromatic amines is 1. The maximum atomic E-state index is 13.4. The summed E-state index contributed by atoms with van der Waals surface area (Å²) in [7, 11) is -3.33. The lowest BCUT2D eigenvalue weighted by molar-refractivity contribution is 0.0673. The zero-order valence-electron chi connectivity index (χ0n) is 17.4. The van der Waals surface area contributed by atoms with Gasteiger partial charge in [-0.2, -0.15) is 5.10 Å². The lowest BCUT2D eigenvalue weighted by Gasteiger charge is -2.33. The molecule has 0 bridgehead atoms. The number of H-pyrrole nitrogens is 1. The predicted octanol–water partition coefficient (Wildman–Crippen LogP) is 3.65. The van der Waals surface area contributed by atoms with Crippen LogP contribution in [0.5, 0.6) is 0 Å². The van der Waals surface area contributed by atoms with Gasteiger partial charge in [0.05, 0.1) is 23.1 Å². The molecule has 0 unspecified atom stereocenters. The van der Waals surface area contributed by atoms with Crippen molar-refractivity contribution in [2.75, 3.05) is 24.7 Å². The van der Waals surface area contributed by atoms with Crippen LogP contribution in [0.25, 0.3) is 0 Å². The molecule has 7 nitrogen and oxygen atoms in total. The highest BCUT2D eigenvalue weighted by Gasteiger charge is 2.28. The van der Waals surface area contributed by atoms with Gasteiger partial charge in [0.15, 0.2) is 9.84 Å². The van der Waals surface area contributed by atoms with Crippen molar-refractivity contribution in [2.45, 2.75) is 24.2 Å². The van der Waals surface area contributed by atoms with Crippen LogP contribution in [-0.2, 0) is 16.3 Å². The van der Waals surface area contributed by atoms with Gasteiger partial charge in [-0.3, -0.25) is 9.89 Å². The first kappa shape index (κ1) is 21.1. The lowest BCUT2D eigenvalue weighted by Crippen LogP contribution is -2.40. The van der Waals surface area contributed by atoms with Gasteiger partial charge in [-0.1, -0.05) is 30.3 Å². The van der Waals surface area contributed by atoms with Crippen molar-refractivity contribution < 1.29 is 13.2 Å². The van der Waals surface area contributed by atoms with Gasteiger partial charge in [-0.25, -0.2) is 8.42 Å². The fraction of sp³-hybridized carbons (Fsp3) is 0.304. The first-order valence-corrected chi connectivity index (χ1v) is 12.2. The number of piperidine rings is 1. The van der Waals surface area contributed by atoms with Crippen molar-refractivity contribution >= 4 is 27.1 Å². The summed E-state index contributed by atoms with van der Waals surface area (Å²) in [6.07, 6.45) is 4.93. The molecular formula is C23H26N4O3S. The average molecular weight is 439 g/mol. The molecule has 162 valence electrons. The highest BCUT2D eigenvalue weighted by atomic mass is 32.2. The summed E-state index contributed by atoms with van der Waals surface area (Å²) in [5, 5.41) is 10.1. The van der Waals surface area contributed by atoms with Crippen LogP contribution in [0.2, 0.25) is 0 Å². The maximum Gasteiger partial charge on any atom is 0.255 e. The van der Waals surface area contributed by atoms with Crippen LogP contribution in [0.15, 0.2) is 65.7 Å². The van der Waals surface area contributed by atoms with E-state index in [2.05, 4.69) is 15.5 Å². The second-order valence-corrected chi connectivity index (χ2v) is 9.97. The monoisotopic (exact) mass is 438 g/mol. The van der Waals surface area contributed by atoms with Crippen LogP contribution >= 0.6 is 0 Å². The molecule has 0 aliphatic carbocycles. The van der Waals surface area contributed by atoms with Gasteiger partial charge in [0.2, 0.25) is 0 Å². The summed E-state index contributed by atoms with van der Waals surface area (Å²) in [5.74, 6) is 0.157. The second kappa shape index (κ2) is 8.93. The van der Waals surface area contributed by atoms with E-state index in [0.717, 1.165) is 24.2 Å². The average Bonchev–Trinajstić information content (AvgIpc) is 3.23. The Morgan fingerprint density at radius 2 is 1.90 bits per heavy atom. The van der Waals surface area contributed by atoms with Gasteiger partial charge in [0, 0.05) is 25.0 Å². The third kappa shape index (κ3) is 4.96. The summed E-state index contributed by atoms with van der Waals surface area (Å²) in [6.45, 7) is 1.28. The number of nitrogens with one attached hydrogen (secondary N) is 2. The number of para-hydroxylation sites is 2. The molecule has 1 aliphatic rings. The van der Waals surface area contributed by atoms with E-state index < -0.39 is 9.84 Å². The SMILES string of the molecule is CS(=O)(=O)c1cn[nH]c1C[C@H]1CCCN(C(=O)c2ccccc2Nc2ccccc2)C1. The van der Waals surface area contributed by atoms with E-state index in [9.17, 15) is 13.2 Å². The molecule has 2 N–H and O–H groups in total. The Hall–Kier alpha value is -3.13. The molecule has 0 spiro atoms. The molecule has 1 aliphatic heterocycles. The minimum atomic E-state index is -3.33. The standard InChI is InChI=1S/C23H26N4O3S/c1-31(29,30)22-15-24-26-21(22)14-17-8-7-13-27(16-17)23(28)19-11-5-6-12-20(19)25-18-9-3-2-4-10-18/h2-6,9-12,15,17,25H,7-8,13-14,16H2,1H3,(H,24,26)/t17-/m1/s1. The van der Waals surface area contributed by atoms with Gasteiger partial charge in [-0.15, -0.1) is 0 Å². The molecule has 0 radical (unpaired) electrons. The van der Waals surface area contributed by atoms with E-state index in [4.69, 9.17) is 0 Å². The van der Waals surface area contributed by atoms with Gasteiger partial charge in [-0.05, 0) is 49.4 Å². The van der Waals surface area contributed by atoms with E-state index in [1.807, 2.05) is 59.5 Å². The third-order valence-electron chi connectivity index (χ3n) is 5.59. The molecule has 4 rings (SSSR count). The molecule has 1 atom stereocenters. The molecule has 0 saturated carbocycles. The Balaban J connectivity index is 1.49. The van der Waals surface area contributed by atoms with Crippen molar-refractivity contribution in [1.82, 2.24) is 15.1 Å². The number of sulfone groups is 1. The number of carbonyl (C=O) groups is 1. The summed E-state index contributed by atoms with van der Waals surface area (Å²) < 4.78 is 23.9. The fourth-order valence-corrected chi connectivity index (χ4v) is 4.92. The number of benzene rings is 2. The van der Waals surface area contributed by atoms with Crippen LogP contribution in [-0.4, -0.2) is 48.8 Å². The van der Waals surface area contributed by atoms with E-state index in [1.165, 1.54) is 12.5 Å². The first-order chi connectivity index (χ1) is 14.9. The minimum absolute atomic E-state index is 0.0170. The van der Waals surface area contributed by atoms with E-state index >= 15 is 0 Å². The molecule has 2 aromatic carbocycles. The molecular weight excluding hydrogens is 412 g/mol. The van der Waals surface area contributed by atoms with Crippen molar-refractivity contribution in [2.24, 2.45) is 5.92 Å². The first-order valence-electron chi connectivity index (χ1n) is 10.3. The maximum absolute atomic E-state index is 13.4. The number of amides is 1. The zero-order valence-corrected chi connectivity index (χ0v) is 18.2. The number of hydrogen-bond acceptors (Lipinski definition) is 5. The Labute approximate surface area is 182 Å². The molecule has 1 amide bonds. The van der Waals surface area contributed by atoms with E-state index in [1.54, 1.807) is 0 Å². The van der Waals surface area contributed by atoms with Gasteiger partial charge < -0.3 is 10.2 Å². The minimum Gasteiger partial charge on any atom is -0.355 e. The third-order valence-corrected chi connectivity index (χ3v) is 6.74. The number of anilines is 2. The summed E-state index contributed by atoms with van der Waals surface area (Å²) in [4.78, 5) is 15.5. The number of nitrogens with zero attached hydrogens (tertiary/aromatic N) is 2. The van der Waals surface area contributed by atoms with Crippen molar-refractivity contribution in [1.29, 1.82) is 0 Å². The largest absolute Gasteiger partial charge is 0.355 e. The second-order valence-electron chi connectivity index (χ2n) is 7.99. The van der Waals surface area contributed by atoms with Crippen molar-refractivity contribution in [3.63, 3.8) is 0 Å². The Morgan fingerprint density at radius 3 is 2.68 bits per heavy atom. The van der Waals surface area contributed by atoms with Crippen LogP contribution in [0, 0.1) is 5.92 Å². The van der Waals surface area contributed by atoms with Crippen molar-refractivity contribution in [3.05, 3.63) is 72.1 Å². The molecule has 1 saturated heterocycles. The van der Waals surface area contributed by atoms with E-state index in [0.29, 0.717) is 30.8 Å². The fourth-order valence-electron chi connectivity index (χ4n) is 4.10. The number of aromatic nitrogens is 2. The summed E-state index contributed by atoms with van der Waals surface area (Å²) in [5.41, 5.74) is 2.94. The Kier molecular flexibility index (Phi) is 6.08. The number of hydrogen-bond donors (Lipinski definition) is 2.